The molecule has 4 rings (SSSR count). The van der Waals surface area contributed by atoms with Crippen molar-refractivity contribution in [2.24, 2.45) is 5.73 Å². The van der Waals surface area contributed by atoms with Crippen molar-refractivity contribution < 1.29 is 9.18 Å². The van der Waals surface area contributed by atoms with Gasteiger partial charge in [-0.2, -0.15) is 5.10 Å². The number of hydrogen-bond acceptors (Lipinski definition) is 3. The SMILES string of the molecule is NC(=O)C1(c2cc(F)c3[nH]ncc3c2)CCCCC1c1cccnc1. The number of hydrogen-bond donors (Lipinski definition) is 2. The highest BCUT2D eigenvalue weighted by atomic mass is 19.1. The van der Waals surface area contributed by atoms with Gasteiger partial charge in [-0.25, -0.2) is 4.39 Å². The number of carbonyl (C=O) groups excluding carboxylic acids is 1. The molecule has 1 aliphatic carbocycles. The summed E-state index contributed by atoms with van der Waals surface area (Å²) in [5, 5.41) is 7.20. The lowest BCUT2D eigenvalue weighted by molar-refractivity contribution is -0.125. The first-order valence-electron chi connectivity index (χ1n) is 8.46. The van der Waals surface area contributed by atoms with Crippen molar-refractivity contribution in [2.45, 2.75) is 37.0 Å². The number of amides is 1. The molecule has 2 unspecified atom stereocenters. The highest BCUT2D eigenvalue weighted by Gasteiger charge is 2.48. The predicted molar refractivity (Wildman–Crippen MR) is 92.4 cm³/mol. The molecule has 0 saturated heterocycles. The molecule has 1 amide bonds. The summed E-state index contributed by atoms with van der Waals surface area (Å²) in [7, 11) is 0. The van der Waals surface area contributed by atoms with Crippen LogP contribution in [0.15, 0.2) is 42.9 Å². The van der Waals surface area contributed by atoms with Gasteiger partial charge >= 0.3 is 0 Å². The molecule has 1 aromatic carbocycles. The summed E-state index contributed by atoms with van der Waals surface area (Å²) >= 11 is 0. The largest absolute Gasteiger partial charge is 0.369 e. The molecule has 1 fully saturated rings. The minimum absolute atomic E-state index is 0.115. The van der Waals surface area contributed by atoms with Crippen LogP contribution in [0.5, 0.6) is 0 Å². The van der Waals surface area contributed by atoms with Gasteiger partial charge in [0.15, 0.2) is 0 Å². The summed E-state index contributed by atoms with van der Waals surface area (Å²) in [5.74, 6) is -0.944. The third-order valence-corrected chi connectivity index (χ3v) is 5.45. The number of pyridine rings is 1. The zero-order valence-electron chi connectivity index (χ0n) is 13.7. The summed E-state index contributed by atoms with van der Waals surface area (Å²) in [5.41, 5.74) is 6.93. The Morgan fingerprint density at radius 2 is 2.20 bits per heavy atom. The van der Waals surface area contributed by atoms with Crippen molar-refractivity contribution in [1.29, 1.82) is 0 Å². The molecule has 3 N–H and O–H groups in total. The van der Waals surface area contributed by atoms with E-state index in [0.29, 0.717) is 22.9 Å². The third kappa shape index (κ3) is 2.40. The van der Waals surface area contributed by atoms with Crippen LogP contribution in [0.3, 0.4) is 0 Å². The van der Waals surface area contributed by atoms with E-state index in [1.165, 1.54) is 6.07 Å². The van der Waals surface area contributed by atoms with E-state index in [1.807, 2.05) is 18.2 Å². The average molecular weight is 338 g/mol. The molecule has 1 aliphatic rings. The molecule has 1 saturated carbocycles. The Hall–Kier alpha value is -2.76. The van der Waals surface area contributed by atoms with E-state index in [1.54, 1.807) is 18.6 Å². The van der Waals surface area contributed by atoms with Gasteiger partial charge in [0, 0.05) is 23.7 Å². The van der Waals surface area contributed by atoms with Crippen LogP contribution in [0.4, 0.5) is 4.39 Å². The number of nitrogens with one attached hydrogen (secondary N) is 1. The fraction of sp³-hybridized carbons (Fsp3) is 0.316. The number of aromatic amines is 1. The molecule has 0 bridgehead atoms. The van der Waals surface area contributed by atoms with E-state index in [-0.39, 0.29) is 5.92 Å². The Bertz CT molecular complexity index is 924. The second-order valence-electron chi connectivity index (χ2n) is 6.71. The van der Waals surface area contributed by atoms with Crippen molar-refractivity contribution in [1.82, 2.24) is 15.2 Å². The monoisotopic (exact) mass is 338 g/mol. The lowest BCUT2D eigenvalue weighted by Crippen LogP contribution is -2.48. The van der Waals surface area contributed by atoms with Gasteiger partial charge in [0.25, 0.3) is 0 Å². The molecule has 25 heavy (non-hydrogen) atoms. The smallest absolute Gasteiger partial charge is 0.228 e. The first kappa shape index (κ1) is 15.7. The number of carbonyl (C=O) groups is 1. The second-order valence-corrected chi connectivity index (χ2v) is 6.71. The van der Waals surface area contributed by atoms with Crippen LogP contribution in [0.25, 0.3) is 10.9 Å². The quantitative estimate of drug-likeness (QED) is 0.769. The van der Waals surface area contributed by atoms with Crippen molar-refractivity contribution in [3.8, 4) is 0 Å². The fourth-order valence-corrected chi connectivity index (χ4v) is 4.26. The molecule has 0 radical (unpaired) electrons. The van der Waals surface area contributed by atoms with Crippen LogP contribution in [-0.4, -0.2) is 21.1 Å². The van der Waals surface area contributed by atoms with Crippen molar-refractivity contribution in [3.63, 3.8) is 0 Å². The van der Waals surface area contributed by atoms with Gasteiger partial charge in [0.05, 0.1) is 11.6 Å². The van der Waals surface area contributed by atoms with E-state index in [9.17, 15) is 9.18 Å². The zero-order chi connectivity index (χ0) is 17.4. The minimum Gasteiger partial charge on any atom is -0.369 e. The first-order valence-corrected chi connectivity index (χ1v) is 8.46. The number of nitrogens with zero attached hydrogens (tertiary/aromatic N) is 2. The number of primary amides is 1. The Morgan fingerprint density at radius 1 is 1.32 bits per heavy atom. The maximum absolute atomic E-state index is 14.6. The molecule has 6 heteroatoms. The molecule has 2 heterocycles. The number of rotatable bonds is 3. The number of nitrogens with two attached hydrogens (primary N) is 1. The summed E-state index contributed by atoms with van der Waals surface area (Å²) in [6.07, 6.45) is 8.36. The van der Waals surface area contributed by atoms with Crippen molar-refractivity contribution in [3.05, 3.63) is 59.8 Å². The van der Waals surface area contributed by atoms with E-state index >= 15 is 0 Å². The second kappa shape index (κ2) is 5.95. The topological polar surface area (TPSA) is 84.7 Å². The van der Waals surface area contributed by atoms with Crippen LogP contribution < -0.4 is 5.73 Å². The highest BCUT2D eigenvalue weighted by molar-refractivity contribution is 5.90. The molecule has 3 aromatic rings. The molecule has 2 atom stereocenters. The summed E-state index contributed by atoms with van der Waals surface area (Å²) < 4.78 is 14.6. The van der Waals surface area contributed by atoms with Gasteiger partial charge in [-0.05, 0) is 42.2 Å². The van der Waals surface area contributed by atoms with E-state index < -0.39 is 17.1 Å². The average Bonchev–Trinajstić information content (AvgIpc) is 3.11. The van der Waals surface area contributed by atoms with Crippen molar-refractivity contribution in [2.75, 3.05) is 0 Å². The number of benzene rings is 1. The van der Waals surface area contributed by atoms with E-state index in [4.69, 9.17) is 5.73 Å². The van der Waals surface area contributed by atoms with Gasteiger partial charge < -0.3 is 5.73 Å². The molecule has 0 aliphatic heterocycles. The standard InChI is InChI=1S/C19H19FN4O/c20-16-9-14(8-13-11-23-24-17(13)16)19(18(21)25)6-2-1-5-15(19)12-4-3-7-22-10-12/h3-4,7-11,15H,1-2,5-6H2,(H2,21,25)(H,23,24). The predicted octanol–water partition coefficient (Wildman–Crippen LogP) is 3.18. The van der Waals surface area contributed by atoms with Crippen LogP contribution in [0.1, 0.15) is 42.7 Å². The van der Waals surface area contributed by atoms with Crippen LogP contribution in [-0.2, 0) is 10.2 Å². The Kier molecular flexibility index (Phi) is 3.75. The van der Waals surface area contributed by atoms with E-state index in [2.05, 4.69) is 15.2 Å². The summed E-state index contributed by atoms with van der Waals surface area (Å²) in [6, 6.07) is 7.09. The van der Waals surface area contributed by atoms with Gasteiger partial charge in [-0.3, -0.25) is 14.9 Å². The normalized spacial score (nSPS) is 23.6. The lowest BCUT2D eigenvalue weighted by atomic mass is 9.60. The Labute approximate surface area is 144 Å². The van der Waals surface area contributed by atoms with Crippen LogP contribution in [0, 0.1) is 5.82 Å². The number of fused-ring (bicyclic) bond motifs is 1. The fourth-order valence-electron chi connectivity index (χ4n) is 4.26. The van der Waals surface area contributed by atoms with Crippen LogP contribution >= 0.6 is 0 Å². The molecule has 128 valence electrons. The van der Waals surface area contributed by atoms with Crippen molar-refractivity contribution >= 4 is 16.8 Å². The maximum Gasteiger partial charge on any atom is 0.228 e. The summed E-state index contributed by atoms with van der Waals surface area (Å²) in [4.78, 5) is 16.9. The first-order chi connectivity index (χ1) is 12.1. The third-order valence-electron chi connectivity index (χ3n) is 5.45. The van der Waals surface area contributed by atoms with Gasteiger partial charge in [0.1, 0.15) is 11.3 Å². The van der Waals surface area contributed by atoms with Gasteiger partial charge in [-0.15, -0.1) is 0 Å². The van der Waals surface area contributed by atoms with E-state index in [0.717, 1.165) is 24.8 Å². The molecular formula is C19H19FN4O. The summed E-state index contributed by atoms with van der Waals surface area (Å²) in [6.45, 7) is 0. The molecule has 2 aromatic heterocycles. The number of H-pyrrole nitrogens is 1. The minimum atomic E-state index is -0.937. The highest BCUT2D eigenvalue weighted by Crippen LogP contribution is 2.49. The van der Waals surface area contributed by atoms with Gasteiger partial charge in [0.2, 0.25) is 5.91 Å². The Morgan fingerprint density at radius 3 is 2.96 bits per heavy atom. The van der Waals surface area contributed by atoms with Crippen LogP contribution in [0.2, 0.25) is 0 Å². The number of aromatic nitrogens is 3. The molecule has 0 spiro atoms. The lowest BCUT2D eigenvalue weighted by Gasteiger charge is -2.42. The Balaban J connectivity index is 1.94. The number of halogens is 1. The molecular weight excluding hydrogens is 319 g/mol. The van der Waals surface area contributed by atoms with Gasteiger partial charge in [-0.1, -0.05) is 18.9 Å². The zero-order valence-corrected chi connectivity index (χ0v) is 13.7. The maximum atomic E-state index is 14.6. The molecule has 5 nitrogen and oxygen atoms in total.